The van der Waals surface area contributed by atoms with E-state index in [0.29, 0.717) is 29.4 Å². The average Bonchev–Trinajstić information content (AvgIpc) is 2.97. The molecule has 1 N–H and O–H groups in total. The number of hydrazone groups is 1. The summed E-state index contributed by atoms with van der Waals surface area (Å²) in [6.45, 7) is 0.242. The van der Waals surface area contributed by atoms with Gasteiger partial charge < -0.3 is 18.9 Å². The molecule has 39 heavy (non-hydrogen) atoms. The molecule has 0 unspecified atom stereocenters. The van der Waals surface area contributed by atoms with E-state index in [2.05, 4.69) is 10.5 Å². The average molecular weight is 545 g/mol. The number of nitrogens with zero attached hydrogens (tertiary/aromatic N) is 1. The minimum absolute atomic E-state index is 0.216. The van der Waals surface area contributed by atoms with Crippen molar-refractivity contribution in [2.45, 2.75) is 6.61 Å². The maximum absolute atomic E-state index is 12.4. The normalized spacial score (nSPS) is 10.6. The van der Waals surface area contributed by atoms with E-state index in [1.807, 2.05) is 30.3 Å². The zero-order valence-corrected chi connectivity index (χ0v) is 21.8. The fraction of sp³-hybridized carbons (Fsp3) is 0.100. The Morgan fingerprint density at radius 2 is 1.54 bits per heavy atom. The summed E-state index contributed by atoms with van der Waals surface area (Å²) in [5, 5.41) is 4.23. The van der Waals surface area contributed by atoms with E-state index in [9.17, 15) is 9.59 Å². The minimum atomic E-state index is -0.609. The summed E-state index contributed by atoms with van der Waals surface area (Å²) in [6, 6.07) is 28.3. The topological polar surface area (TPSA) is 95.5 Å². The lowest BCUT2D eigenvalue weighted by atomic mass is 10.2. The predicted octanol–water partition coefficient (Wildman–Crippen LogP) is 5.68. The SMILES string of the molecule is COc1cc(/C=N\NC(=O)COc2ccc(OCc3ccccc3)cc2)ccc1OC(=O)c1ccccc1Cl. The molecule has 9 heteroatoms. The van der Waals surface area contributed by atoms with Crippen LogP contribution in [0.4, 0.5) is 0 Å². The molecule has 0 atom stereocenters. The van der Waals surface area contributed by atoms with Crippen molar-refractivity contribution in [2.24, 2.45) is 5.10 Å². The van der Waals surface area contributed by atoms with Crippen LogP contribution < -0.4 is 24.4 Å². The Bertz CT molecular complexity index is 1440. The Hall–Kier alpha value is -4.82. The molecule has 1 amide bonds. The highest BCUT2D eigenvalue weighted by Crippen LogP contribution is 2.29. The van der Waals surface area contributed by atoms with E-state index in [0.717, 1.165) is 5.56 Å². The first-order chi connectivity index (χ1) is 19.0. The Labute approximate surface area is 230 Å². The van der Waals surface area contributed by atoms with Gasteiger partial charge in [0, 0.05) is 0 Å². The number of ether oxygens (including phenoxy) is 4. The van der Waals surface area contributed by atoms with Gasteiger partial charge in [0.1, 0.15) is 18.1 Å². The van der Waals surface area contributed by atoms with Gasteiger partial charge in [-0.15, -0.1) is 0 Å². The lowest BCUT2D eigenvalue weighted by molar-refractivity contribution is -0.123. The highest BCUT2D eigenvalue weighted by atomic mass is 35.5. The van der Waals surface area contributed by atoms with Gasteiger partial charge in [-0.1, -0.05) is 54.1 Å². The van der Waals surface area contributed by atoms with Crippen molar-refractivity contribution < 1.29 is 28.5 Å². The van der Waals surface area contributed by atoms with Gasteiger partial charge in [0.05, 0.1) is 23.9 Å². The summed E-state index contributed by atoms with van der Waals surface area (Å²) in [4.78, 5) is 24.6. The van der Waals surface area contributed by atoms with Gasteiger partial charge in [-0.05, 0) is 65.7 Å². The molecule has 0 aliphatic rings. The monoisotopic (exact) mass is 544 g/mol. The molecule has 4 aromatic rings. The van der Waals surface area contributed by atoms with Crippen LogP contribution in [0.2, 0.25) is 5.02 Å². The lowest BCUT2D eigenvalue weighted by Gasteiger charge is -2.10. The quantitative estimate of drug-likeness (QED) is 0.113. The Balaban J connectivity index is 1.24. The second kappa shape index (κ2) is 13.6. The maximum Gasteiger partial charge on any atom is 0.345 e. The number of methoxy groups -OCH3 is 1. The fourth-order valence-corrected chi connectivity index (χ4v) is 3.58. The van der Waals surface area contributed by atoms with Gasteiger partial charge >= 0.3 is 5.97 Å². The number of esters is 1. The van der Waals surface area contributed by atoms with E-state index < -0.39 is 11.9 Å². The first kappa shape index (κ1) is 27.2. The van der Waals surface area contributed by atoms with Crippen LogP contribution in [-0.4, -0.2) is 31.8 Å². The fourth-order valence-electron chi connectivity index (χ4n) is 3.36. The van der Waals surface area contributed by atoms with Crippen molar-refractivity contribution in [2.75, 3.05) is 13.7 Å². The Kier molecular flexibility index (Phi) is 9.52. The van der Waals surface area contributed by atoms with Crippen molar-refractivity contribution in [3.05, 3.63) is 119 Å². The summed E-state index contributed by atoms with van der Waals surface area (Å²) in [5.74, 6) is 0.696. The highest BCUT2D eigenvalue weighted by Gasteiger charge is 2.15. The van der Waals surface area contributed by atoms with Gasteiger partial charge in [-0.25, -0.2) is 10.2 Å². The van der Waals surface area contributed by atoms with Crippen LogP contribution in [0.3, 0.4) is 0 Å². The van der Waals surface area contributed by atoms with Gasteiger partial charge in [-0.2, -0.15) is 5.10 Å². The minimum Gasteiger partial charge on any atom is -0.493 e. The molecule has 0 spiro atoms. The predicted molar refractivity (Wildman–Crippen MR) is 148 cm³/mol. The number of carbonyl (C=O) groups excluding carboxylic acids is 2. The van der Waals surface area contributed by atoms with E-state index >= 15 is 0 Å². The number of hydrogen-bond donors (Lipinski definition) is 1. The first-order valence-electron chi connectivity index (χ1n) is 11.9. The van der Waals surface area contributed by atoms with Crippen molar-refractivity contribution in [3.8, 4) is 23.0 Å². The molecule has 8 nitrogen and oxygen atoms in total. The second-order valence-electron chi connectivity index (χ2n) is 8.11. The molecular formula is C30H25ClN2O6. The van der Waals surface area contributed by atoms with Crippen LogP contribution in [0.5, 0.6) is 23.0 Å². The zero-order chi connectivity index (χ0) is 27.5. The van der Waals surface area contributed by atoms with E-state index in [-0.39, 0.29) is 22.9 Å². The Morgan fingerprint density at radius 1 is 0.846 bits per heavy atom. The van der Waals surface area contributed by atoms with Crippen LogP contribution >= 0.6 is 11.6 Å². The van der Waals surface area contributed by atoms with Crippen molar-refractivity contribution in [1.29, 1.82) is 0 Å². The molecule has 0 saturated carbocycles. The molecule has 0 saturated heterocycles. The van der Waals surface area contributed by atoms with Gasteiger partial charge in [0.25, 0.3) is 5.91 Å². The van der Waals surface area contributed by atoms with E-state index in [1.54, 1.807) is 66.7 Å². The van der Waals surface area contributed by atoms with E-state index in [1.165, 1.54) is 13.3 Å². The summed E-state index contributed by atoms with van der Waals surface area (Å²) < 4.78 is 22.0. The molecule has 0 aliphatic carbocycles. The number of hydrogen-bond acceptors (Lipinski definition) is 7. The summed E-state index contributed by atoms with van der Waals surface area (Å²) in [7, 11) is 1.45. The van der Waals surface area contributed by atoms with Crippen LogP contribution in [0.1, 0.15) is 21.5 Å². The molecule has 0 fully saturated rings. The molecular weight excluding hydrogens is 520 g/mol. The highest BCUT2D eigenvalue weighted by molar-refractivity contribution is 6.33. The smallest absolute Gasteiger partial charge is 0.345 e. The molecule has 0 bridgehead atoms. The molecule has 4 aromatic carbocycles. The summed E-state index contributed by atoms with van der Waals surface area (Å²) in [5.41, 5.74) is 4.32. The second-order valence-corrected chi connectivity index (χ2v) is 8.51. The van der Waals surface area contributed by atoms with Crippen LogP contribution in [0, 0.1) is 0 Å². The molecule has 0 radical (unpaired) electrons. The number of rotatable bonds is 11. The van der Waals surface area contributed by atoms with E-state index in [4.69, 9.17) is 30.5 Å². The largest absolute Gasteiger partial charge is 0.493 e. The van der Waals surface area contributed by atoms with Gasteiger partial charge in [-0.3, -0.25) is 4.79 Å². The molecule has 0 heterocycles. The van der Waals surface area contributed by atoms with Crippen molar-refractivity contribution in [1.82, 2.24) is 5.43 Å². The van der Waals surface area contributed by atoms with Gasteiger partial charge in [0.2, 0.25) is 0 Å². The van der Waals surface area contributed by atoms with Crippen molar-refractivity contribution in [3.63, 3.8) is 0 Å². The summed E-state index contributed by atoms with van der Waals surface area (Å²) >= 11 is 6.06. The van der Waals surface area contributed by atoms with Crippen LogP contribution in [0.15, 0.2) is 102 Å². The molecule has 4 rings (SSSR count). The number of halogens is 1. The third-order valence-electron chi connectivity index (χ3n) is 5.33. The third kappa shape index (κ3) is 8.08. The number of carbonyl (C=O) groups is 2. The van der Waals surface area contributed by atoms with Gasteiger partial charge in [0.15, 0.2) is 18.1 Å². The molecule has 198 valence electrons. The van der Waals surface area contributed by atoms with Crippen LogP contribution in [0.25, 0.3) is 0 Å². The van der Waals surface area contributed by atoms with Crippen LogP contribution in [-0.2, 0) is 11.4 Å². The standard InChI is InChI=1S/C30H25ClN2O6/c1-36-28-17-22(11-16-27(28)39-30(35)25-9-5-6-10-26(25)31)18-32-33-29(34)20-38-24-14-12-23(13-15-24)37-19-21-7-3-2-4-8-21/h2-18H,19-20H2,1H3,(H,33,34)/b32-18-. The summed E-state index contributed by atoms with van der Waals surface area (Å²) in [6.07, 6.45) is 1.43. The number of nitrogens with one attached hydrogen (secondary N) is 1. The maximum atomic E-state index is 12.4. The lowest BCUT2D eigenvalue weighted by Crippen LogP contribution is -2.24. The molecule has 0 aliphatic heterocycles. The molecule has 0 aromatic heterocycles. The zero-order valence-electron chi connectivity index (χ0n) is 21.0. The third-order valence-corrected chi connectivity index (χ3v) is 5.66. The number of benzene rings is 4. The Morgan fingerprint density at radius 3 is 2.26 bits per heavy atom. The first-order valence-corrected chi connectivity index (χ1v) is 12.3. The number of amides is 1. The van der Waals surface area contributed by atoms with Crippen molar-refractivity contribution >= 4 is 29.7 Å².